The Kier molecular flexibility index (Phi) is 5.46. The first-order valence-electron chi connectivity index (χ1n) is 12.8. The molecule has 1 aromatic carbocycles. The third-order valence-corrected chi connectivity index (χ3v) is 9.40. The number of phenols is 1. The van der Waals surface area contributed by atoms with E-state index in [1.54, 1.807) is 30.7 Å². The maximum Gasteiger partial charge on any atom is 0.246 e. The SMILES string of the molecule is CN(C(=O)/C=C/c1ccoc1)[C@@H]1CC[C@H]2[C@H]3Cc4ccc(O)c5c4[C@@]2(CCN3CC2CC2)[C@H]1O5.Cl. The van der Waals surface area contributed by atoms with Crippen LogP contribution in [0, 0.1) is 11.8 Å². The fourth-order valence-corrected chi connectivity index (χ4v) is 7.67. The third kappa shape index (κ3) is 3.36. The van der Waals surface area contributed by atoms with Crippen LogP contribution >= 0.6 is 12.4 Å². The first-order chi connectivity index (χ1) is 16.6. The maximum absolute atomic E-state index is 13.2. The van der Waals surface area contributed by atoms with Crippen LogP contribution in [0.4, 0.5) is 0 Å². The number of carbonyl (C=O) groups excluding carboxylic acids is 1. The lowest BCUT2D eigenvalue weighted by Gasteiger charge is -2.60. The number of piperidine rings is 1. The molecular formula is C28H33ClN2O4. The molecule has 1 N–H and O–H groups in total. The molecule has 35 heavy (non-hydrogen) atoms. The Hall–Kier alpha value is -2.44. The average Bonchev–Trinajstić information content (AvgIpc) is 3.36. The van der Waals surface area contributed by atoms with Gasteiger partial charge in [-0.2, -0.15) is 0 Å². The number of phenolic OH excluding ortho intramolecular Hbond substituents is 1. The number of likely N-dealkylation sites (N-methyl/N-ethyl adjacent to an activating group) is 1. The first-order valence-corrected chi connectivity index (χ1v) is 12.8. The maximum atomic E-state index is 13.2. The number of amides is 1. The van der Waals surface area contributed by atoms with Crippen molar-refractivity contribution < 1.29 is 19.1 Å². The Balaban J connectivity index is 0.00000229. The van der Waals surface area contributed by atoms with E-state index in [9.17, 15) is 9.90 Å². The lowest BCUT2D eigenvalue weighted by molar-refractivity contribution is -0.135. The fourth-order valence-electron chi connectivity index (χ4n) is 7.67. The summed E-state index contributed by atoms with van der Waals surface area (Å²) in [5, 5.41) is 10.8. The molecule has 7 heteroatoms. The summed E-state index contributed by atoms with van der Waals surface area (Å²) in [5.74, 6) is 2.30. The van der Waals surface area contributed by atoms with E-state index in [4.69, 9.17) is 9.15 Å². The van der Waals surface area contributed by atoms with Crippen LogP contribution < -0.4 is 4.74 Å². The smallest absolute Gasteiger partial charge is 0.246 e. The van der Waals surface area contributed by atoms with Gasteiger partial charge in [-0.25, -0.2) is 0 Å². The van der Waals surface area contributed by atoms with Crippen molar-refractivity contribution in [1.82, 2.24) is 9.80 Å². The summed E-state index contributed by atoms with van der Waals surface area (Å²) in [7, 11) is 1.90. The summed E-state index contributed by atoms with van der Waals surface area (Å²) >= 11 is 0. The zero-order valence-electron chi connectivity index (χ0n) is 20.1. The highest BCUT2D eigenvalue weighted by atomic mass is 35.5. The van der Waals surface area contributed by atoms with Gasteiger partial charge in [-0.3, -0.25) is 9.69 Å². The quantitative estimate of drug-likeness (QED) is 0.622. The van der Waals surface area contributed by atoms with E-state index in [1.807, 2.05) is 18.0 Å². The van der Waals surface area contributed by atoms with Crippen LogP contribution in [0.1, 0.15) is 48.8 Å². The van der Waals surface area contributed by atoms with Gasteiger partial charge in [0.15, 0.2) is 11.5 Å². The van der Waals surface area contributed by atoms with E-state index in [-0.39, 0.29) is 41.6 Å². The zero-order valence-corrected chi connectivity index (χ0v) is 20.9. The number of furan rings is 1. The Morgan fingerprint density at radius 1 is 1.26 bits per heavy atom. The van der Waals surface area contributed by atoms with Gasteiger partial charge in [0.25, 0.3) is 0 Å². The molecule has 0 unspecified atom stereocenters. The number of carbonyl (C=O) groups is 1. The zero-order chi connectivity index (χ0) is 23.0. The van der Waals surface area contributed by atoms with E-state index in [1.165, 1.54) is 30.5 Å². The van der Waals surface area contributed by atoms with Crippen molar-refractivity contribution in [3.8, 4) is 11.5 Å². The van der Waals surface area contributed by atoms with Gasteiger partial charge in [-0.15, -0.1) is 12.4 Å². The molecule has 6 nitrogen and oxygen atoms in total. The predicted molar refractivity (Wildman–Crippen MR) is 135 cm³/mol. The van der Waals surface area contributed by atoms with Crippen molar-refractivity contribution in [3.05, 3.63) is 53.5 Å². The molecule has 2 bridgehead atoms. The largest absolute Gasteiger partial charge is 0.504 e. The Morgan fingerprint density at radius 3 is 2.89 bits per heavy atom. The van der Waals surface area contributed by atoms with E-state index >= 15 is 0 Å². The van der Waals surface area contributed by atoms with E-state index in [2.05, 4.69) is 11.0 Å². The molecule has 1 spiro atoms. The summed E-state index contributed by atoms with van der Waals surface area (Å²) in [4.78, 5) is 17.8. The second-order valence-corrected chi connectivity index (χ2v) is 11.1. The minimum absolute atomic E-state index is 0. The summed E-state index contributed by atoms with van der Waals surface area (Å²) < 4.78 is 11.8. The van der Waals surface area contributed by atoms with E-state index < -0.39 is 0 Å². The van der Waals surface area contributed by atoms with Crippen LogP contribution in [0.2, 0.25) is 0 Å². The number of halogens is 1. The van der Waals surface area contributed by atoms with Gasteiger partial charge in [0.05, 0.1) is 18.6 Å². The number of benzene rings is 1. The molecule has 1 amide bonds. The minimum Gasteiger partial charge on any atom is -0.504 e. The molecule has 186 valence electrons. The topological polar surface area (TPSA) is 66.2 Å². The number of likely N-dealkylation sites (tertiary alicyclic amines) is 1. The molecule has 0 radical (unpaired) electrons. The molecule has 3 aliphatic carbocycles. The third-order valence-electron chi connectivity index (χ3n) is 9.40. The van der Waals surface area contributed by atoms with E-state index in [0.717, 1.165) is 43.7 Å². The highest BCUT2D eigenvalue weighted by Crippen LogP contribution is 2.64. The molecule has 3 heterocycles. The number of ether oxygens (including phenoxy) is 1. The van der Waals surface area contributed by atoms with Gasteiger partial charge < -0.3 is 19.2 Å². The number of hydrogen-bond donors (Lipinski definition) is 1. The van der Waals surface area contributed by atoms with Crippen LogP contribution in [0.15, 0.2) is 41.2 Å². The Labute approximate surface area is 212 Å². The summed E-state index contributed by atoms with van der Waals surface area (Å²) in [6, 6.07) is 6.28. The normalized spacial score (nSPS) is 32.6. The van der Waals surface area contributed by atoms with Gasteiger partial charge >= 0.3 is 0 Å². The predicted octanol–water partition coefficient (Wildman–Crippen LogP) is 4.40. The molecule has 2 saturated carbocycles. The second-order valence-electron chi connectivity index (χ2n) is 11.1. The van der Waals surface area contributed by atoms with Crippen LogP contribution in [0.3, 0.4) is 0 Å². The summed E-state index contributed by atoms with van der Waals surface area (Å²) in [5.41, 5.74) is 3.36. The van der Waals surface area contributed by atoms with Crippen LogP contribution in [-0.4, -0.2) is 59.1 Å². The molecule has 1 saturated heterocycles. The standard InChI is InChI=1S/C28H32N2O4.ClH/c1-29(24(32)9-4-18-10-13-33-16-18)21-7-6-20-22-14-19-5-8-23(31)26-25(19)28(20,27(21)34-26)11-12-30(22)15-17-2-3-17;/h4-5,8-10,13,16-17,20-22,27,31H,2-3,6-7,11-12,14-15H2,1H3;1H/b9-4+;/t20-,21+,22+,27-,28-;/m0./s1. The van der Waals surface area contributed by atoms with Crippen molar-refractivity contribution in [3.63, 3.8) is 0 Å². The van der Waals surface area contributed by atoms with Crippen molar-refractivity contribution in [2.75, 3.05) is 20.1 Å². The molecule has 1 aromatic heterocycles. The summed E-state index contributed by atoms with van der Waals surface area (Å²) in [6.45, 7) is 2.31. The molecule has 2 aliphatic heterocycles. The van der Waals surface area contributed by atoms with Gasteiger partial charge in [-0.05, 0) is 80.7 Å². The summed E-state index contributed by atoms with van der Waals surface area (Å²) in [6.07, 6.45) is 13.4. The number of nitrogens with zero attached hydrogens (tertiary/aromatic N) is 2. The van der Waals surface area contributed by atoms with Gasteiger partial charge in [0, 0.05) is 42.3 Å². The fraction of sp³-hybridized carbons (Fsp3) is 0.536. The number of aromatic hydroxyl groups is 1. The highest BCUT2D eigenvalue weighted by molar-refractivity contribution is 5.91. The van der Waals surface area contributed by atoms with Gasteiger partial charge in [0.1, 0.15) is 6.10 Å². The van der Waals surface area contributed by atoms with E-state index in [0.29, 0.717) is 17.7 Å². The van der Waals surface area contributed by atoms with Crippen molar-refractivity contribution in [2.45, 2.75) is 62.1 Å². The van der Waals surface area contributed by atoms with Crippen LogP contribution in [0.5, 0.6) is 11.5 Å². The van der Waals surface area contributed by atoms with Gasteiger partial charge in [0.2, 0.25) is 5.91 Å². The van der Waals surface area contributed by atoms with Crippen molar-refractivity contribution >= 4 is 24.4 Å². The van der Waals surface area contributed by atoms with Crippen molar-refractivity contribution in [2.24, 2.45) is 11.8 Å². The lowest BCUT2D eigenvalue weighted by Crippen LogP contribution is -2.69. The number of hydrogen-bond acceptors (Lipinski definition) is 5. The van der Waals surface area contributed by atoms with Crippen LogP contribution in [0.25, 0.3) is 6.08 Å². The highest BCUT2D eigenvalue weighted by Gasteiger charge is 2.66. The minimum atomic E-state index is -0.115. The molecular weight excluding hydrogens is 464 g/mol. The van der Waals surface area contributed by atoms with Crippen LogP contribution in [-0.2, 0) is 16.6 Å². The molecule has 2 aromatic rings. The Bertz CT molecular complexity index is 1160. The monoisotopic (exact) mass is 496 g/mol. The molecule has 7 rings (SSSR count). The molecule has 3 fully saturated rings. The average molecular weight is 497 g/mol. The molecule has 5 aliphatic rings. The second kappa shape index (κ2) is 8.31. The van der Waals surface area contributed by atoms with Crippen molar-refractivity contribution in [1.29, 1.82) is 0 Å². The van der Waals surface area contributed by atoms with Gasteiger partial charge in [-0.1, -0.05) is 6.07 Å². The molecule has 5 atom stereocenters. The Morgan fingerprint density at radius 2 is 2.11 bits per heavy atom. The number of rotatable bonds is 5. The first kappa shape index (κ1) is 23.0. The lowest BCUT2D eigenvalue weighted by atomic mass is 9.51.